The summed E-state index contributed by atoms with van der Waals surface area (Å²) in [4.78, 5) is 2.43. The Labute approximate surface area is 103 Å². The molecule has 2 heterocycles. The van der Waals surface area contributed by atoms with E-state index in [9.17, 15) is 0 Å². The van der Waals surface area contributed by atoms with Gasteiger partial charge in [0.05, 0.1) is 6.54 Å². The lowest BCUT2D eigenvalue weighted by Crippen LogP contribution is -2.45. The first kappa shape index (κ1) is 12.5. The number of aryl methyl sites for hydroxylation is 1. The van der Waals surface area contributed by atoms with E-state index >= 15 is 0 Å². The van der Waals surface area contributed by atoms with Crippen LogP contribution in [0.3, 0.4) is 0 Å². The summed E-state index contributed by atoms with van der Waals surface area (Å²) in [6.07, 6.45) is 1.08. The van der Waals surface area contributed by atoms with Crippen molar-refractivity contribution in [3.63, 3.8) is 0 Å². The molecule has 2 N–H and O–H groups in total. The van der Waals surface area contributed by atoms with Gasteiger partial charge in [-0.05, 0) is 26.2 Å². The topological polar surface area (TPSA) is 60.0 Å². The quantitative estimate of drug-likeness (QED) is 0.844. The molecule has 0 spiro atoms. The molecule has 0 radical (unpaired) electrons. The maximum absolute atomic E-state index is 6.03. The van der Waals surface area contributed by atoms with Crippen LogP contribution < -0.4 is 5.73 Å². The highest BCUT2D eigenvalue weighted by molar-refractivity contribution is 4.94. The summed E-state index contributed by atoms with van der Waals surface area (Å²) < 4.78 is 2.18. The minimum absolute atomic E-state index is 0.358. The fourth-order valence-electron chi connectivity index (χ4n) is 2.55. The molecule has 2 rings (SSSR count). The molecule has 0 amide bonds. The first-order chi connectivity index (χ1) is 8.11. The van der Waals surface area contributed by atoms with Crippen LogP contribution in [0.2, 0.25) is 0 Å². The second-order valence-electron chi connectivity index (χ2n) is 5.07. The zero-order valence-electron chi connectivity index (χ0n) is 11.1. The molecular formula is C12H23N5. The number of piperidine rings is 1. The molecule has 1 aromatic heterocycles. The molecule has 2 unspecified atom stereocenters. The third kappa shape index (κ3) is 2.66. The number of nitrogens with two attached hydrogens (primary N) is 1. The summed E-state index contributed by atoms with van der Waals surface area (Å²) in [5.41, 5.74) is 6.03. The van der Waals surface area contributed by atoms with Crippen LogP contribution in [0.25, 0.3) is 0 Å². The Morgan fingerprint density at radius 2 is 2.18 bits per heavy atom. The van der Waals surface area contributed by atoms with Gasteiger partial charge >= 0.3 is 0 Å². The number of rotatable bonds is 3. The van der Waals surface area contributed by atoms with E-state index in [1.54, 1.807) is 0 Å². The number of likely N-dealkylation sites (tertiary alicyclic amines) is 1. The summed E-state index contributed by atoms with van der Waals surface area (Å²) in [7, 11) is 0. The van der Waals surface area contributed by atoms with E-state index < -0.39 is 0 Å². The molecule has 2 atom stereocenters. The van der Waals surface area contributed by atoms with Crippen LogP contribution in [0.1, 0.15) is 31.9 Å². The SMILES string of the molecule is CCn1c(C)nnc1CN1CCC(N)C(C)C1. The Kier molecular flexibility index (Phi) is 3.79. The molecule has 96 valence electrons. The van der Waals surface area contributed by atoms with Gasteiger partial charge in [-0.15, -0.1) is 10.2 Å². The van der Waals surface area contributed by atoms with Crippen molar-refractivity contribution in [2.75, 3.05) is 13.1 Å². The predicted octanol–water partition coefficient (Wildman–Crippen LogP) is 0.776. The molecule has 17 heavy (non-hydrogen) atoms. The zero-order chi connectivity index (χ0) is 12.4. The molecular weight excluding hydrogens is 214 g/mol. The lowest BCUT2D eigenvalue weighted by molar-refractivity contribution is 0.153. The smallest absolute Gasteiger partial charge is 0.147 e. The van der Waals surface area contributed by atoms with Crippen LogP contribution in [0.4, 0.5) is 0 Å². The molecule has 0 aliphatic carbocycles. The first-order valence-electron chi connectivity index (χ1n) is 6.48. The fourth-order valence-corrected chi connectivity index (χ4v) is 2.55. The minimum atomic E-state index is 0.358. The van der Waals surface area contributed by atoms with Crippen LogP contribution in [0.15, 0.2) is 0 Å². The molecule has 0 saturated carbocycles. The minimum Gasteiger partial charge on any atom is -0.327 e. The largest absolute Gasteiger partial charge is 0.327 e. The van der Waals surface area contributed by atoms with Crippen LogP contribution in [-0.4, -0.2) is 38.8 Å². The Morgan fingerprint density at radius 1 is 1.41 bits per heavy atom. The van der Waals surface area contributed by atoms with Gasteiger partial charge < -0.3 is 10.3 Å². The highest BCUT2D eigenvalue weighted by Gasteiger charge is 2.24. The van der Waals surface area contributed by atoms with Gasteiger partial charge in [-0.1, -0.05) is 6.92 Å². The maximum atomic E-state index is 6.03. The normalized spacial score (nSPS) is 26.4. The fraction of sp³-hybridized carbons (Fsp3) is 0.833. The molecule has 1 aliphatic heterocycles. The first-order valence-corrected chi connectivity index (χ1v) is 6.48. The Morgan fingerprint density at radius 3 is 2.82 bits per heavy atom. The van der Waals surface area contributed by atoms with Crippen molar-refractivity contribution in [1.82, 2.24) is 19.7 Å². The van der Waals surface area contributed by atoms with Crippen LogP contribution >= 0.6 is 0 Å². The summed E-state index contributed by atoms with van der Waals surface area (Å²) in [6, 6.07) is 0.358. The molecule has 1 fully saturated rings. The van der Waals surface area contributed by atoms with Crippen molar-refractivity contribution in [1.29, 1.82) is 0 Å². The Bertz CT molecular complexity index is 373. The van der Waals surface area contributed by atoms with Crippen molar-refractivity contribution < 1.29 is 0 Å². The van der Waals surface area contributed by atoms with Crippen molar-refractivity contribution >= 4 is 0 Å². The zero-order valence-corrected chi connectivity index (χ0v) is 11.1. The molecule has 5 heteroatoms. The van der Waals surface area contributed by atoms with E-state index in [1.807, 2.05) is 6.92 Å². The van der Waals surface area contributed by atoms with E-state index in [0.717, 1.165) is 44.2 Å². The van der Waals surface area contributed by atoms with Gasteiger partial charge in [-0.3, -0.25) is 4.90 Å². The molecule has 1 saturated heterocycles. The number of aromatic nitrogens is 3. The lowest BCUT2D eigenvalue weighted by Gasteiger charge is -2.34. The summed E-state index contributed by atoms with van der Waals surface area (Å²) in [5, 5.41) is 8.41. The van der Waals surface area contributed by atoms with Gasteiger partial charge in [0, 0.05) is 25.7 Å². The highest BCUT2D eigenvalue weighted by Crippen LogP contribution is 2.17. The molecule has 0 bridgehead atoms. The maximum Gasteiger partial charge on any atom is 0.147 e. The number of hydrogen-bond donors (Lipinski definition) is 1. The predicted molar refractivity (Wildman–Crippen MR) is 67.5 cm³/mol. The van der Waals surface area contributed by atoms with Gasteiger partial charge in [0.1, 0.15) is 11.6 Å². The van der Waals surface area contributed by atoms with Gasteiger partial charge in [0.2, 0.25) is 0 Å². The van der Waals surface area contributed by atoms with Gasteiger partial charge in [-0.2, -0.15) is 0 Å². The summed E-state index contributed by atoms with van der Waals surface area (Å²) in [6.45, 7) is 10.3. The van der Waals surface area contributed by atoms with Crippen molar-refractivity contribution in [2.45, 2.75) is 46.3 Å². The Hall–Kier alpha value is -0.940. The van der Waals surface area contributed by atoms with Crippen LogP contribution in [0.5, 0.6) is 0 Å². The van der Waals surface area contributed by atoms with Crippen LogP contribution in [-0.2, 0) is 13.1 Å². The van der Waals surface area contributed by atoms with E-state index in [0.29, 0.717) is 12.0 Å². The van der Waals surface area contributed by atoms with Gasteiger partial charge in [0.25, 0.3) is 0 Å². The summed E-state index contributed by atoms with van der Waals surface area (Å²) in [5.74, 6) is 2.65. The second-order valence-corrected chi connectivity index (χ2v) is 5.07. The summed E-state index contributed by atoms with van der Waals surface area (Å²) >= 11 is 0. The van der Waals surface area contributed by atoms with Gasteiger partial charge in [0.15, 0.2) is 0 Å². The monoisotopic (exact) mass is 237 g/mol. The highest BCUT2D eigenvalue weighted by atomic mass is 15.3. The van der Waals surface area contributed by atoms with E-state index in [4.69, 9.17) is 5.73 Å². The molecule has 1 aliphatic rings. The van der Waals surface area contributed by atoms with E-state index in [-0.39, 0.29) is 0 Å². The second kappa shape index (κ2) is 5.14. The third-order valence-electron chi connectivity index (χ3n) is 3.75. The average Bonchev–Trinajstić information content (AvgIpc) is 2.64. The Balaban J connectivity index is 2.01. The van der Waals surface area contributed by atoms with E-state index in [1.165, 1.54) is 0 Å². The van der Waals surface area contributed by atoms with Crippen molar-refractivity contribution in [2.24, 2.45) is 11.7 Å². The molecule has 5 nitrogen and oxygen atoms in total. The third-order valence-corrected chi connectivity index (χ3v) is 3.75. The average molecular weight is 237 g/mol. The van der Waals surface area contributed by atoms with Gasteiger partial charge in [-0.25, -0.2) is 0 Å². The number of nitrogens with zero attached hydrogens (tertiary/aromatic N) is 4. The van der Waals surface area contributed by atoms with Crippen molar-refractivity contribution in [3.8, 4) is 0 Å². The van der Waals surface area contributed by atoms with Crippen molar-refractivity contribution in [3.05, 3.63) is 11.6 Å². The standard InChI is InChI=1S/C12H23N5/c1-4-17-10(3)14-15-12(17)8-16-6-5-11(13)9(2)7-16/h9,11H,4-8,13H2,1-3H3. The molecule has 0 aromatic carbocycles. The molecule has 1 aromatic rings. The van der Waals surface area contributed by atoms with E-state index in [2.05, 4.69) is 33.5 Å². The lowest BCUT2D eigenvalue weighted by atomic mass is 9.95. The van der Waals surface area contributed by atoms with Crippen LogP contribution in [0, 0.1) is 12.8 Å². The number of hydrogen-bond acceptors (Lipinski definition) is 4.